The number of rotatable bonds is 4. The lowest BCUT2D eigenvalue weighted by atomic mass is 10.2. The number of benzene rings is 1. The molecule has 94 valence electrons. The van der Waals surface area contributed by atoms with E-state index in [1.54, 1.807) is 19.1 Å². The summed E-state index contributed by atoms with van der Waals surface area (Å²) < 4.78 is 14.6. The predicted molar refractivity (Wildman–Crippen MR) is 60.8 cm³/mol. The molecule has 0 radical (unpaired) electrons. The second kappa shape index (κ2) is 5.07. The summed E-state index contributed by atoms with van der Waals surface area (Å²) in [6.07, 6.45) is 0. The number of esters is 1. The van der Waals surface area contributed by atoms with Gasteiger partial charge in [0, 0.05) is 0 Å². The van der Waals surface area contributed by atoms with Crippen LogP contribution in [0.4, 0.5) is 0 Å². The van der Waals surface area contributed by atoms with Crippen molar-refractivity contribution in [3.8, 4) is 5.75 Å². The third kappa shape index (κ3) is 2.44. The summed E-state index contributed by atoms with van der Waals surface area (Å²) in [5.41, 5.74) is 0.504. The third-order valence-corrected chi connectivity index (χ3v) is 2.06. The first kappa shape index (κ1) is 12.4. The van der Waals surface area contributed by atoms with Crippen molar-refractivity contribution in [2.24, 2.45) is 0 Å². The molecule has 0 spiro atoms. The minimum Gasteiger partial charge on any atom is -0.510 e. The van der Waals surface area contributed by atoms with Crippen LogP contribution in [0.3, 0.4) is 0 Å². The summed E-state index contributed by atoms with van der Waals surface area (Å²) in [7, 11) is -1.97. The zero-order valence-corrected chi connectivity index (χ0v) is 9.49. The first-order chi connectivity index (χ1) is 8.61. The average Bonchev–Trinajstić information content (AvgIpc) is 2.73. The van der Waals surface area contributed by atoms with Gasteiger partial charge in [-0.1, -0.05) is 6.07 Å². The molecule has 7 nitrogen and oxygen atoms in total. The molecule has 2 rings (SSSR count). The Bertz CT molecular complexity index is 566. The minimum atomic E-state index is -1.97. The molecule has 0 amide bonds. The molecule has 0 aliphatic heterocycles. The van der Waals surface area contributed by atoms with Gasteiger partial charge in [0.2, 0.25) is 0 Å². The molecule has 0 unspecified atom stereocenters. The van der Waals surface area contributed by atoms with E-state index >= 15 is 0 Å². The van der Waals surface area contributed by atoms with Gasteiger partial charge in [-0.2, -0.15) is 4.98 Å². The topological polar surface area (TPSA) is 102 Å². The monoisotopic (exact) mass is 251 g/mol. The van der Waals surface area contributed by atoms with Crippen molar-refractivity contribution in [1.29, 1.82) is 0 Å². The second-order valence-electron chi connectivity index (χ2n) is 3.29. The minimum absolute atomic E-state index is 0.0989. The van der Waals surface area contributed by atoms with Crippen LogP contribution in [0.25, 0.3) is 11.1 Å². The molecule has 8 heteroatoms. The smallest absolute Gasteiger partial charge is 0.510 e. The highest BCUT2D eigenvalue weighted by Gasteiger charge is 2.20. The first-order valence-corrected chi connectivity index (χ1v) is 5.21. The number of para-hydroxylation sites is 1. The van der Waals surface area contributed by atoms with Crippen molar-refractivity contribution < 1.29 is 28.7 Å². The summed E-state index contributed by atoms with van der Waals surface area (Å²) in [6.45, 7) is 1.87. The SMILES string of the molecule is CCOC(=O)c1nc2c(OB(O)O)cccc2o1. The molecule has 2 N–H and O–H groups in total. The zero-order chi connectivity index (χ0) is 13.1. The number of oxazole rings is 1. The maximum atomic E-state index is 11.4. The maximum Gasteiger partial charge on any atom is 0.707 e. The number of fused-ring (bicyclic) bond motifs is 1. The van der Waals surface area contributed by atoms with E-state index in [0.717, 1.165) is 0 Å². The molecular weight excluding hydrogens is 241 g/mol. The Hall–Kier alpha value is -2.06. The Morgan fingerprint density at radius 2 is 2.28 bits per heavy atom. The number of hydrogen-bond acceptors (Lipinski definition) is 7. The molecule has 0 fully saturated rings. The molecule has 0 aliphatic rings. The molecule has 18 heavy (non-hydrogen) atoms. The average molecular weight is 251 g/mol. The molecular formula is C10H10BNO6. The predicted octanol–water partition coefficient (Wildman–Crippen LogP) is 0.353. The summed E-state index contributed by atoms with van der Waals surface area (Å²) >= 11 is 0. The van der Waals surface area contributed by atoms with Gasteiger partial charge in [0.05, 0.1) is 6.61 Å². The van der Waals surface area contributed by atoms with E-state index in [2.05, 4.69) is 4.98 Å². The quantitative estimate of drug-likeness (QED) is 0.597. The Balaban J connectivity index is 2.41. The van der Waals surface area contributed by atoms with E-state index in [1.807, 2.05) is 0 Å². The molecule has 0 atom stereocenters. The number of hydrogen-bond donors (Lipinski definition) is 2. The van der Waals surface area contributed by atoms with E-state index in [9.17, 15) is 4.79 Å². The standard InChI is InChI=1S/C10H10BNO6/c1-2-16-10(13)9-12-8-6(17-9)4-3-5-7(8)18-11(14)15/h3-5,14-15H,2H2,1H3. The Morgan fingerprint density at radius 1 is 1.50 bits per heavy atom. The van der Waals surface area contributed by atoms with Crippen molar-refractivity contribution in [2.45, 2.75) is 6.92 Å². The number of carbonyl (C=O) groups excluding carboxylic acids is 1. The van der Waals surface area contributed by atoms with E-state index in [4.69, 9.17) is 23.9 Å². The fourth-order valence-corrected chi connectivity index (χ4v) is 1.41. The van der Waals surface area contributed by atoms with Crippen LogP contribution in [0.2, 0.25) is 0 Å². The number of aromatic nitrogens is 1. The van der Waals surface area contributed by atoms with E-state index in [1.165, 1.54) is 6.07 Å². The highest BCUT2D eigenvalue weighted by Crippen LogP contribution is 2.26. The van der Waals surface area contributed by atoms with Crippen LogP contribution in [0.5, 0.6) is 5.75 Å². The lowest BCUT2D eigenvalue weighted by Crippen LogP contribution is -2.20. The molecule has 1 aromatic heterocycles. The summed E-state index contributed by atoms with van der Waals surface area (Å²) in [5, 5.41) is 17.5. The molecule has 1 heterocycles. The Kier molecular flexibility index (Phi) is 3.49. The fraction of sp³-hybridized carbons (Fsp3) is 0.200. The van der Waals surface area contributed by atoms with Crippen LogP contribution in [0.1, 0.15) is 17.6 Å². The van der Waals surface area contributed by atoms with Crippen LogP contribution in [0.15, 0.2) is 22.6 Å². The maximum absolute atomic E-state index is 11.4. The van der Waals surface area contributed by atoms with Gasteiger partial charge in [-0.05, 0) is 19.1 Å². The van der Waals surface area contributed by atoms with E-state index in [0.29, 0.717) is 0 Å². The van der Waals surface area contributed by atoms with Gasteiger partial charge in [0.25, 0.3) is 0 Å². The van der Waals surface area contributed by atoms with Gasteiger partial charge in [-0.25, -0.2) is 4.79 Å². The van der Waals surface area contributed by atoms with Crippen LogP contribution in [-0.4, -0.2) is 34.9 Å². The number of ether oxygens (including phenoxy) is 1. The third-order valence-electron chi connectivity index (χ3n) is 2.06. The normalized spacial score (nSPS) is 10.4. The summed E-state index contributed by atoms with van der Waals surface area (Å²) in [6, 6.07) is 4.61. The van der Waals surface area contributed by atoms with Crippen molar-refractivity contribution in [3.63, 3.8) is 0 Å². The van der Waals surface area contributed by atoms with Gasteiger partial charge in [-0.15, -0.1) is 0 Å². The second-order valence-corrected chi connectivity index (χ2v) is 3.29. The van der Waals surface area contributed by atoms with Crippen molar-refractivity contribution in [1.82, 2.24) is 4.98 Å². The van der Waals surface area contributed by atoms with Crippen LogP contribution >= 0.6 is 0 Å². The van der Waals surface area contributed by atoms with Crippen molar-refractivity contribution >= 4 is 24.4 Å². The molecule has 0 saturated heterocycles. The van der Waals surface area contributed by atoms with Gasteiger partial charge in [0.15, 0.2) is 11.1 Å². The molecule has 0 aliphatic carbocycles. The van der Waals surface area contributed by atoms with Gasteiger partial charge >= 0.3 is 19.2 Å². The van der Waals surface area contributed by atoms with Crippen molar-refractivity contribution in [3.05, 3.63) is 24.1 Å². The van der Waals surface area contributed by atoms with Gasteiger partial charge < -0.3 is 23.9 Å². The lowest BCUT2D eigenvalue weighted by Gasteiger charge is -2.03. The number of carbonyl (C=O) groups is 1. The fourth-order valence-electron chi connectivity index (χ4n) is 1.41. The Labute approximate surface area is 102 Å². The highest BCUT2D eigenvalue weighted by atomic mass is 16.6. The zero-order valence-electron chi connectivity index (χ0n) is 9.49. The van der Waals surface area contributed by atoms with Crippen molar-refractivity contribution in [2.75, 3.05) is 6.61 Å². The molecule has 0 bridgehead atoms. The first-order valence-electron chi connectivity index (χ1n) is 5.21. The molecule has 2 aromatic rings. The summed E-state index contributed by atoms with van der Waals surface area (Å²) in [5.74, 6) is -0.804. The molecule has 1 aromatic carbocycles. The number of nitrogens with zero attached hydrogens (tertiary/aromatic N) is 1. The molecule has 0 saturated carbocycles. The van der Waals surface area contributed by atoms with E-state index < -0.39 is 13.3 Å². The largest absolute Gasteiger partial charge is 0.707 e. The van der Waals surface area contributed by atoms with Gasteiger partial charge in [0.1, 0.15) is 5.75 Å². The van der Waals surface area contributed by atoms with Gasteiger partial charge in [-0.3, -0.25) is 0 Å². The van der Waals surface area contributed by atoms with Crippen LogP contribution in [0, 0.1) is 0 Å². The highest BCUT2D eigenvalue weighted by molar-refractivity contribution is 6.34. The van der Waals surface area contributed by atoms with Crippen LogP contribution < -0.4 is 4.65 Å². The summed E-state index contributed by atoms with van der Waals surface area (Å²) in [4.78, 5) is 15.3. The lowest BCUT2D eigenvalue weighted by molar-refractivity contribution is 0.0483. The Morgan fingerprint density at radius 3 is 2.94 bits per heavy atom. The van der Waals surface area contributed by atoms with Crippen LogP contribution in [-0.2, 0) is 4.74 Å². The van der Waals surface area contributed by atoms with E-state index in [-0.39, 0.29) is 29.3 Å².